The number of carboxylic acid groups (broad SMARTS) is 1. The van der Waals surface area contributed by atoms with Crippen molar-refractivity contribution in [2.24, 2.45) is 0 Å². The zero-order valence-electron chi connectivity index (χ0n) is 10.8. The van der Waals surface area contributed by atoms with E-state index in [0.717, 1.165) is 5.56 Å². The molecule has 7 heteroatoms. The highest BCUT2D eigenvalue weighted by Gasteiger charge is 2.17. The van der Waals surface area contributed by atoms with Gasteiger partial charge in [0, 0.05) is 24.9 Å². The molecule has 0 fully saturated rings. The minimum atomic E-state index is -0.932. The number of nitro benzene ring substituents is 1. The highest BCUT2D eigenvalue weighted by molar-refractivity contribution is 5.67. The smallest absolute Gasteiger partial charge is 0.303 e. The van der Waals surface area contributed by atoms with Crippen molar-refractivity contribution in [2.45, 2.75) is 19.8 Å². The molecule has 0 radical (unpaired) electrons. The first-order chi connectivity index (χ1) is 9.49. The first kappa shape index (κ1) is 13.7. The monoisotopic (exact) mass is 275 g/mol. The number of nitrogens with zero attached hydrogens (tertiary/aromatic N) is 3. The Kier molecular flexibility index (Phi) is 3.79. The molecule has 7 nitrogen and oxygen atoms in total. The summed E-state index contributed by atoms with van der Waals surface area (Å²) in [6.07, 6.45) is 3.24. The quantitative estimate of drug-likeness (QED) is 0.665. The molecule has 0 saturated carbocycles. The predicted octanol–water partition coefficient (Wildman–Crippen LogP) is 2.11. The highest BCUT2D eigenvalue weighted by atomic mass is 16.6. The lowest BCUT2D eigenvalue weighted by molar-refractivity contribution is -0.384. The normalized spacial score (nSPS) is 10.4. The molecule has 104 valence electrons. The molecule has 0 saturated heterocycles. The van der Waals surface area contributed by atoms with Crippen molar-refractivity contribution in [3.8, 4) is 5.69 Å². The van der Waals surface area contributed by atoms with E-state index in [4.69, 9.17) is 5.11 Å². The summed E-state index contributed by atoms with van der Waals surface area (Å²) in [7, 11) is 0. The second-order valence-corrected chi connectivity index (χ2v) is 4.36. The van der Waals surface area contributed by atoms with Gasteiger partial charge in [0.15, 0.2) is 0 Å². The van der Waals surface area contributed by atoms with Crippen molar-refractivity contribution in [3.63, 3.8) is 0 Å². The fourth-order valence-electron chi connectivity index (χ4n) is 1.94. The van der Waals surface area contributed by atoms with Gasteiger partial charge in [-0.2, -0.15) is 0 Å². The summed E-state index contributed by atoms with van der Waals surface area (Å²) in [4.78, 5) is 25.4. The summed E-state index contributed by atoms with van der Waals surface area (Å²) >= 11 is 0. The van der Waals surface area contributed by atoms with Crippen LogP contribution in [-0.4, -0.2) is 25.6 Å². The second kappa shape index (κ2) is 5.52. The third-order valence-corrected chi connectivity index (χ3v) is 2.87. The van der Waals surface area contributed by atoms with Crippen LogP contribution < -0.4 is 0 Å². The number of hydrogen-bond donors (Lipinski definition) is 1. The van der Waals surface area contributed by atoms with E-state index in [9.17, 15) is 14.9 Å². The van der Waals surface area contributed by atoms with Crippen molar-refractivity contribution in [1.29, 1.82) is 0 Å². The molecule has 0 bridgehead atoms. The summed E-state index contributed by atoms with van der Waals surface area (Å²) in [5.74, 6) is -0.447. The molecule has 1 aromatic heterocycles. The van der Waals surface area contributed by atoms with Crippen LogP contribution in [0.1, 0.15) is 17.8 Å². The van der Waals surface area contributed by atoms with Crippen molar-refractivity contribution in [2.75, 3.05) is 0 Å². The number of aromatic nitrogens is 2. The fourth-order valence-corrected chi connectivity index (χ4v) is 1.94. The maximum atomic E-state index is 11.1. The Morgan fingerprint density at radius 1 is 1.50 bits per heavy atom. The number of carbonyl (C=O) groups is 1. The fraction of sp³-hybridized carbons (Fsp3) is 0.231. The average molecular weight is 275 g/mol. The lowest BCUT2D eigenvalue weighted by Gasteiger charge is -2.08. The van der Waals surface area contributed by atoms with Gasteiger partial charge in [-0.15, -0.1) is 0 Å². The summed E-state index contributed by atoms with van der Waals surface area (Å²) < 4.78 is 1.56. The molecular formula is C13H13N3O4. The van der Waals surface area contributed by atoms with Gasteiger partial charge in [-0.05, 0) is 18.6 Å². The van der Waals surface area contributed by atoms with Crippen LogP contribution in [0.4, 0.5) is 5.69 Å². The van der Waals surface area contributed by atoms with Crippen molar-refractivity contribution in [1.82, 2.24) is 9.55 Å². The molecule has 20 heavy (non-hydrogen) atoms. The molecule has 1 heterocycles. The van der Waals surface area contributed by atoms with Gasteiger partial charge >= 0.3 is 5.97 Å². The number of rotatable bonds is 5. The van der Waals surface area contributed by atoms with E-state index in [-0.39, 0.29) is 18.5 Å². The van der Waals surface area contributed by atoms with Crippen molar-refractivity contribution >= 4 is 11.7 Å². The summed E-state index contributed by atoms with van der Waals surface area (Å²) in [5.41, 5.74) is 1.14. The predicted molar refractivity (Wildman–Crippen MR) is 70.9 cm³/mol. The third-order valence-electron chi connectivity index (χ3n) is 2.87. The van der Waals surface area contributed by atoms with E-state index < -0.39 is 10.9 Å². The van der Waals surface area contributed by atoms with Gasteiger partial charge in [0.1, 0.15) is 11.5 Å². The van der Waals surface area contributed by atoms with Crippen LogP contribution in [0.25, 0.3) is 5.69 Å². The lowest BCUT2D eigenvalue weighted by atomic mass is 10.2. The van der Waals surface area contributed by atoms with Crippen LogP contribution in [0.5, 0.6) is 0 Å². The molecule has 0 aliphatic carbocycles. The molecule has 2 rings (SSSR count). The topological polar surface area (TPSA) is 98.3 Å². The molecular weight excluding hydrogens is 262 g/mol. The zero-order chi connectivity index (χ0) is 14.7. The van der Waals surface area contributed by atoms with Crippen LogP contribution in [0.15, 0.2) is 30.6 Å². The number of aryl methyl sites for hydroxylation is 2. The second-order valence-electron chi connectivity index (χ2n) is 4.36. The molecule has 0 aliphatic rings. The first-order valence-electron chi connectivity index (χ1n) is 5.98. The van der Waals surface area contributed by atoms with E-state index in [1.165, 1.54) is 12.3 Å². The maximum Gasteiger partial charge on any atom is 0.303 e. The van der Waals surface area contributed by atoms with Crippen LogP contribution in [0, 0.1) is 17.0 Å². The Morgan fingerprint density at radius 3 is 2.90 bits per heavy atom. The standard InChI is InChI=1S/C13H13N3O4/c1-9-2-3-10(11(8-9)16(19)20)15-7-6-14-12(15)4-5-13(17)18/h2-3,6-8H,4-5H2,1H3,(H,17,18). The van der Waals surface area contributed by atoms with Gasteiger partial charge in [0.25, 0.3) is 5.69 Å². The van der Waals surface area contributed by atoms with E-state index in [0.29, 0.717) is 11.5 Å². The first-order valence-corrected chi connectivity index (χ1v) is 5.98. The Balaban J connectivity index is 2.44. The largest absolute Gasteiger partial charge is 0.481 e. The number of carboxylic acids is 1. The number of imidazole rings is 1. The van der Waals surface area contributed by atoms with E-state index >= 15 is 0 Å². The lowest BCUT2D eigenvalue weighted by Crippen LogP contribution is -2.06. The molecule has 0 spiro atoms. The number of aliphatic carboxylic acids is 1. The Hall–Kier alpha value is -2.70. The zero-order valence-corrected chi connectivity index (χ0v) is 10.8. The highest BCUT2D eigenvalue weighted by Crippen LogP contribution is 2.25. The minimum absolute atomic E-state index is 0.0282. The average Bonchev–Trinajstić information content (AvgIpc) is 2.84. The number of hydrogen-bond acceptors (Lipinski definition) is 4. The summed E-state index contributed by atoms with van der Waals surface area (Å²) in [6.45, 7) is 1.77. The summed E-state index contributed by atoms with van der Waals surface area (Å²) in [5, 5.41) is 19.8. The SMILES string of the molecule is Cc1ccc(-n2ccnc2CCC(=O)O)c([N+](=O)[O-])c1. The van der Waals surface area contributed by atoms with Crippen LogP contribution in [0.3, 0.4) is 0 Å². The van der Waals surface area contributed by atoms with Crippen LogP contribution in [-0.2, 0) is 11.2 Å². The van der Waals surface area contributed by atoms with Crippen molar-refractivity contribution in [3.05, 3.63) is 52.1 Å². The molecule has 0 unspecified atom stereocenters. The minimum Gasteiger partial charge on any atom is -0.481 e. The molecule has 2 aromatic rings. The van der Waals surface area contributed by atoms with Crippen LogP contribution in [0.2, 0.25) is 0 Å². The van der Waals surface area contributed by atoms with Crippen LogP contribution >= 0.6 is 0 Å². The number of benzene rings is 1. The van der Waals surface area contributed by atoms with Crippen molar-refractivity contribution < 1.29 is 14.8 Å². The molecule has 1 aromatic carbocycles. The molecule has 0 atom stereocenters. The van der Waals surface area contributed by atoms with Gasteiger partial charge < -0.3 is 5.11 Å². The summed E-state index contributed by atoms with van der Waals surface area (Å²) in [6, 6.07) is 4.89. The third kappa shape index (κ3) is 2.82. The molecule has 0 aliphatic heterocycles. The Labute approximate surface area is 114 Å². The van der Waals surface area contributed by atoms with Gasteiger partial charge in [-0.3, -0.25) is 19.5 Å². The van der Waals surface area contributed by atoms with Gasteiger partial charge in [-0.1, -0.05) is 6.07 Å². The molecule has 0 amide bonds. The maximum absolute atomic E-state index is 11.1. The van der Waals surface area contributed by atoms with Gasteiger partial charge in [0.2, 0.25) is 0 Å². The van der Waals surface area contributed by atoms with E-state index in [1.807, 2.05) is 0 Å². The van der Waals surface area contributed by atoms with Gasteiger partial charge in [-0.25, -0.2) is 4.98 Å². The number of nitro groups is 1. The van der Waals surface area contributed by atoms with E-state index in [1.54, 1.807) is 29.8 Å². The Bertz CT molecular complexity index is 663. The van der Waals surface area contributed by atoms with E-state index in [2.05, 4.69) is 4.98 Å². The van der Waals surface area contributed by atoms with Gasteiger partial charge in [0.05, 0.1) is 11.3 Å². The Morgan fingerprint density at radius 2 is 2.25 bits per heavy atom. The molecule has 1 N–H and O–H groups in total.